The Bertz CT molecular complexity index is 600. The first-order chi connectivity index (χ1) is 12.0. The highest BCUT2D eigenvalue weighted by Gasteiger charge is 2.32. The normalized spacial score (nSPS) is 24.3. The van der Waals surface area contributed by atoms with Gasteiger partial charge in [-0.3, -0.25) is 9.59 Å². The Morgan fingerprint density at radius 3 is 2.32 bits per heavy atom. The Morgan fingerprint density at radius 1 is 1.16 bits per heavy atom. The minimum absolute atomic E-state index is 0.102. The number of fused-ring (bicyclic) bond motifs is 1. The lowest BCUT2D eigenvalue weighted by Gasteiger charge is -2.25. The standard InChI is InChI=1S/C20H29N3O2/c1-14-3-5-16(6-4-14)19(22-15(2)24)11-20(25)23-9-7-17-12-21-13-18(17)8-10-23/h3-6,17-19,21H,7-13H2,1-2H3,(H,22,24)/t17-,18+,19?. The van der Waals surface area contributed by atoms with Crippen LogP contribution in [0.3, 0.4) is 0 Å². The van der Waals surface area contributed by atoms with Crippen LogP contribution in [0, 0.1) is 18.8 Å². The zero-order valence-corrected chi connectivity index (χ0v) is 15.3. The molecule has 0 saturated carbocycles. The van der Waals surface area contributed by atoms with Crippen LogP contribution in [0.5, 0.6) is 0 Å². The third kappa shape index (κ3) is 4.60. The molecule has 1 aromatic rings. The van der Waals surface area contributed by atoms with E-state index in [9.17, 15) is 9.59 Å². The topological polar surface area (TPSA) is 61.4 Å². The lowest BCUT2D eigenvalue weighted by molar-refractivity contribution is -0.132. The molecule has 2 aliphatic heterocycles. The predicted octanol–water partition coefficient (Wildman–Crippen LogP) is 2.02. The lowest BCUT2D eigenvalue weighted by atomic mass is 9.92. The number of aryl methyl sites for hydroxylation is 1. The van der Waals surface area contributed by atoms with Gasteiger partial charge < -0.3 is 15.5 Å². The van der Waals surface area contributed by atoms with Crippen LogP contribution in [-0.2, 0) is 9.59 Å². The summed E-state index contributed by atoms with van der Waals surface area (Å²) in [5.41, 5.74) is 2.16. The van der Waals surface area contributed by atoms with Crippen molar-refractivity contribution < 1.29 is 9.59 Å². The molecule has 1 unspecified atom stereocenters. The van der Waals surface area contributed by atoms with Crippen LogP contribution < -0.4 is 10.6 Å². The zero-order valence-electron chi connectivity index (χ0n) is 15.3. The molecule has 25 heavy (non-hydrogen) atoms. The molecule has 2 saturated heterocycles. The molecule has 0 aliphatic carbocycles. The Kier molecular flexibility index (Phi) is 5.74. The van der Waals surface area contributed by atoms with Crippen molar-refractivity contribution in [2.24, 2.45) is 11.8 Å². The van der Waals surface area contributed by atoms with Gasteiger partial charge in [-0.25, -0.2) is 0 Å². The summed E-state index contributed by atoms with van der Waals surface area (Å²) in [4.78, 5) is 26.5. The van der Waals surface area contributed by atoms with Gasteiger partial charge in [0.05, 0.1) is 12.5 Å². The molecule has 5 heteroatoms. The highest BCUT2D eigenvalue weighted by Crippen LogP contribution is 2.28. The van der Waals surface area contributed by atoms with Gasteiger partial charge in [0, 0.05) is 20.0 Å². The monoisotopic (exact) mass is 343 g/mol. The van der Waals surface area contributed by atoms with E-state index in [2.05, 4.69) is 10.6 Å². The van der Waals surface area contributed by atoms with Crippen LogP contribution in [0.4, 0.5) is 0 Å². The maximum Gasteiger partial charge on any atom is 0.224 e. The van der Waals surface area contributed by atoms with Crippen molar-refractivity contribution in [1.29, 1.82) is 0 Å². The minimum Gasteiger partial charge on any atom is -0.349 e. The van der Waals surface area contributed by atoms with Crippen molar-refractivity contribution in [3.8, 4) is 0 Å². The molecule has 2 fully saturated rings. The largest absolute Gasteiger partial charge is 0.349 e. The van der Waals surface area contributed by atoms with Crippen LogP contribution in [0.2, 0.25) is 0 Å². The molecule has 3 atom stereocenters. The summed E-state index contributed by atoms with van der Waals surface area (Å²) in [5.74, 6) is 1.46. The molecule has 2 heterocycles. The van der Waals surface area contributed by atoms with E-state index in [0.717, 1.165) is 44.6 Å². The molecule has 3 rings (SSSR count). The summed E-state index contributed by atoms with van der Waals surface area (Å²) >= 11 is 0. The van der Waals surface area contributed by atoms with E-state index in [4.69, 9.17) is 0 Å². The molecule has 0 aromatic heterocycles. The first kappa shape index (κ1) is 17.9. The predicted molar refractivity (Wildman–Crippen MR) is 98.0 cm³/mol. The Morgan fingerprint density at radius 2 is 1.76 bits per heavy atom. The van der Waals surface area contributed by atoms with Gasteiger partial charge in [0.15, 0.2) is 0 Å². The molecule has 0 bridgehead atoms. The highest BCUT2D eigenvalue weighted by molar-refractivity contribution is 5.79. The Hall–Kier alpha value is -1.88. The van der Waals surface area contributed by atoms with Gasteiger partial charge in [0.1, 0.15) is 0 Å². The first-order valence-electron chi connectivity index (χ1n) is 9.35. The second-order valence-corrected chi connectivity index (χ2v) is 7.50. The lowest BCUT2D eigenvalue weighted by Crippen LogP contribution is -2.37. The molecule has 136 valence electrons. The quantitative estimate of drug-likeness (QED) is 0.879. The second-order valence-electron chi connectivity index (χ2n) is 7.50. The molecule has 1 aromatic carbocycles. The maximum atomic E-state index is 12.9. The molecule has 0 spiro atoms. The number of hydrogen-bond acceptors (Lipinski definition) is 3. The highest BCUT2D eigenvalue weighted by atomic mass is 16.2. The summed E-state index contributed by atoms with van der Waals surface area (Å²) in [5, 5.41) is 6.41. The van der Waals surface area contributed by atoms with E-state index in [-0.39, 0.29) is 17.9 Å². The van der Waals surface area contributed by atoms with Crippen molar-refractivity contribution >= 4 is 11.8 Å². The zero-order chi connectivity index (χ0) is 17.8. The van der Waals surface area contributed by atoms with Crippen LogP contribution in [0.15, 0.2) is 24.3 Å². The second kappa shape index (κ2) is 8.00. The third-order valence-electron chi connectivity index (χ3n) is 5.61. The number of nitrogens with one attached hydrogen (secondary N) is 2. The number of hydrogen-bond donors (Lipinski definition) is 2. The summed E-state index contributed by atoms with van der Waals surface area (Å²) in [7, 11) is 0. The van der Waals surface area contributed by atoms with Crippen molar-refractivity contribution in [3.05, 3.63) is 35.4 Å². The summed E-state index contributed by atoms with van der Waals surface area (Å²) in [6.07, 6.45) is 2.49. The van der Waals surface area contributed by atoms with Crippen molar-refractivity contribution in [3.63, 3.8) is 0 Å². The fourth-order valence-electron chi connectivity index (χ4n) is 4.07. The van der Waals surface area contributed by atoms with Gasteiger partial charge in [0.2, 0.25) is 11.8 Å². The van der Waals surface area contributed by atoms with E-state index < -0.39 is 0 Å². The molecule has 0 radical (unpaired) electrons. The van der Waals surface area contributed by atoms with Gasteiger partial charge in [-0.15, -0.1) is 0 Å². The molecule has 2 aliphatic rings. The van der Waals surface area contributed by atoms with Crippen LogP contribution in [0.1, 0.15) is 43.4 Å². The molecule has 2 amide bonds. The average molecular weight is 343 g/mol. The molecular formula is C20H29N3O2. The van der Waals surface area contributed by atoms with E-state index in [1.165, 1.54) is 12.5 Å². The maximum absolute atomic E-state index is 12.9. The number of rotatable bonds is 4. The average Bonchev–Trinajstić information content (AvgIpc) is 2.93. The fraction of sp³-hybridized carbons (Fsp3) is 0.600. The third-order valence-corrected chi connectivity index (χ3v) is 5.61. The summed E-state index contributed by atoms with van der Waals surface area (Å²) in [6.45, 7) is 7.39. The Labute approximate surface area is 150 Å². The van der Waals surface area contributed by atoms with Gasteiger partial charge in [-0.1, -0.05) is 29.8 Å². The van der Waals surface area contributed by atoms with Crippen molar-refractivity contribution in [1.82, 2.24) is 15.5 Å². The van der Waals surface area contributed by atoms with Crippen LogP contribution in [-0.4, -0.2) is 42.9 Å². The summed E-state index contributed by atoms with van der Waals surface area (Å²) < 4.78 is 0. The van der Waals surface area contributed by atoms with Gasteiger partial charge in [-0.05, 0) is 50.3 Å². The number of carbonyl (C=O) groups is 2. The van der Waals surface area contributed by atoms with Crippen LogP contribution >= 0.6 is 0 Å². The van der Waals surface area contributed by atoms with E-state index in [0.29, 0.717) is 18.3 Å². The molecule has 5 nitrogen and oxygen atoms in total. The fourth-order valence-corrected chi connectivity index (χ4v) is 4.07. The first-order valence-corrected chi connectivity index (χ1v) is 9.35. The van der Waals surface area contributed by atoms with E-state index in [1.54, 1.807) is 0 Å². The number of carbonyl (C=O) groups excluding carboxylic acids is 2. The smallest absolute Gasteiger partial charge is 0.224 e. The SMILES string of the molecule is CC(=O)NC(CC(=O)N1CC[C@@H]2CNC[C@@H]2CC1)c1ccc(C)cc1. The van der Waals surface area contributed by atoms with Gasteiger partial charge in [-0.2, -0.15) is 0 Å². The van der Waals surface area contributed by atoms with Gasteiger partial charge >= 0.3 is 0 Å². The minimum atomic E-state index is -0.255. The molecular weight excluding hydrogens is 314 g/mol. The molecule has 2 N–H and O–H groups in total. The Balaban J connectivity index is 1.65. The van der Waals surface area contributed by atoms with Gasteiger partial charge in [0.25, 0.3) is 0 Å². The number of likely N-dealkylation sites (tertiary alicyclic amines) is 1. The van der Waals surface area contributed by atoms with Crippen molar-refractivity contribution in [2.75, 3.05) is 26.2 Å². The number of amides is 2. The van der Waals surface area contributed by atoms with E-state index >= 15 is 0 Å². The van der Waals surface area contributed by atoms with Crippen LogP contribution in [0.25, 0.3) is 0 Å². The van der Waals surface area contributed by atoms with E-state index in [1.807, 2.05) is 36.1 Å². The number of nitrogens with zero attached hydrogens (tertiary/aromatic N) is 1. The number of benzene rings is 1. The summed E-state index contributed by atoms with van der Waals surface area (Å²) in [6, 6.07) is 7.79. The van der Waals surface area contributed by atoms with Crippen molar-refractivity contribution in [2.45, 2.75) is 39.2 Å².